The molecule has 0 aromatic carbocycles. The maximum absolute atomic E-state index is 4.58. The van der Waals surface area contributed by atoms with Gasteiger partial charge in [-0.05, 0) is 44.9 Å². The Kier molecular flexibility index (Phi) is 5.20. The second kappa shape index (κ2) is 6.90. The van der Waals surface area contributed by atoms with Gasteiger partial charge in [-0.25, -0.2) is 0 Å². The SMILES string of the molecule is CCCC1CCN(c2ccc(C(C)NC)nc2)CC1. The lowest BCUT2D eigenvalue weighted by Gasteiger charge is -2.33. The first-order valence-electron chi connectivity index (χ1n) is 7.62. The summed E-state index contributed by atoms with van der Waals surface area (Å²) in [5.41, 5.74) is 2.40. The van der Waals surface area contributed by atoms with Gasteiger partial charge in [0.05, 0.1) is 17.6 Å². The molecule has 0 aliphatic carbocycles. The summed E-state index contributed by atoms with van der Waals surface area (Å²) < 4.78 is 0. The van der Waals surface area contributed by atoms with Crippen LogP contribution >= 0.6 is 0 Å². The van der Waals surface area contributed by atoms with Crippen molar-refractivity contribution in [3.05, 3.63) is 24.0 Å². The third-order valence-corrected chi connectivity index (χ3v) is 4.32. The molecule has 19 heavy (non-hydrogen) atoms. The van der Waals surface area contributed by atoms with Crippen LogP contribution in [0.1, 0.15) is 51.3 Å². The molecule has 1 unspecified atom stereocenters. The second-order valence-corrected chi connectivity index (χ2v) is 5.67. The molecule has 3 heteroatoms. The maximum Gasteiger partial charge on any atom is 0.0571 e. The van der Waals surface area contributed by atoms with Crippen LogP contribution in [-0.4, -0.2) is 25.1 Å². The molecule has 3 nitrogen and oxygen atoms in total. The van der Waals surface area contributed by atoms with Crippen LogP contribution in [0.5, 0.6) is 0 Å². The molecule has 0 spiro atoms. The molecule has 1 aliphatic heterocycles. The van der Waals surface area contributed by atoms with Crippen molar-refractivity contribution in [3.8, 4) is 0 Å². The van der Waals surface area contributed by atoms with Crippen LogP contribution < -0.4 is 10.2 Å². The smallest absolute Gasteiger partial charge is 0.0571 e. The Morgan fingerprint density at radius 1 is 1.37 bits per heavy atom. The summed E-state index contributed by atoms with van der Waals surface area (Å²) in [6, 6.07) is 4.69. The normalized spacial score (nSPS) is 18.6. The van der Waals surface area contributed by atoms with Crippen molar-refractivity contribution < 1.29 is 0 Å². The Morgan fingerprint density at radius 3 is 2.63 bits per heavy atom. The lowest BCUT2D eigenvalue weighted by Crippen LogP contribution is -2.33. The lowest BCUT2D eigenvalue weighted by atomic mass is 9.92. The highest BCUT2D eigenvalue weighted by molar-refractivity contribution is 5.45. The molecule has 106 valence electrons. The van der Waals surface area contributed by atoms with Crippen molar-refractivity contribution >= 4 is 5.69 Å². The predicted octanol–water partition coefficient (Wildman–Crippen LogP) is 3.38. The standard InChI is InChI=1S/C16H27N3/c1-4-5-14-8-10-19(11-9-14)15-6-7-16(18-12-15)13(2)17-3/h6-7,12-14,17H,4-5,8-11H2,1-3H3. The van der Waals surface area contributed by atoms with Crippen molar-refractivity contribution in [2.45, 2.75) is 45.6 Å². The number of anilines is 1. The molecule has 1 aromatic heterocycles. The quantitative estimate of drug-likeness (QED) is 0.880. The summed E-state index contributed by atoms with van der Waals surface area (Å²) in [5.74, 6) is 0.942. The van der Waals surface area contributed by atoms with Gasteiger partial charge in [-0.2, -0.15) is 0 Å². The fourth-order valence-corrected chi connectivity index (χ4v) is 2.88. The summed E-state index contributed by atoms with van der Waals surface area (Å²) >= 11 is 0. The Labute approximate surface area is 117 Å². The van der Waals surface area contributed by atoms with Crippen LogP contribution in [0.4, 0.5) is 5.69 Å². The van der Waals surface area contributed by atoms with E-state index in [-0.39, 0.29) is 0 Å². The fraction of sp³-hybridized carbons (Fsp3) is 0.688. The van der Waals surface area contributed by atoms with E-state index in [1.165, 1.54) is 44.5 Å². The Balaban J connectivity index is 1.92. The van der Waals surface area contributed by atoms with E-state index in [0.717, 1.165) is 11.6 Å². The monoisotopic (exact) mass is 261 g/mol. The van der Waals surface area contributed by atoms with Crippen LogP contribution in [0.2, 0.25) is 0 Å². The van der Waals surface area contributed by atoms with E-state index >= 15 is 0 Å². The largest absolute Gasteiger partial charge is 0.370 e. The van der Waals surface area contributed by atoms with Crippen molar-refractivity contribution in [2.75, 3.05) is 25.0 Å². The zero-order chi connectivity index (χ0) is 13.7. The number of aromatic nitrogens is 1. The van der Waals surface area contributed by atoms with Gasteiger partial charge in [0.25, 0.3) is 0 Å². The number of nitrogens with one attached hydrogen (secondary N) is 1. The highest BCUT2D eigenvalue weighted by Crippen LogP contribution is 2.26. The lowest BCUT2D eigenvalue weighted by molar-refractivity contribution is 0.378. The first-order chi connectivity index (χ1) is 9.24. The van der Waals surface area contributed by atoms with Crippen molar-refractivity contribution in [1.82, 2.24) is 10.3 Å². The molecule has 1 saturated heterocycles. The molecule has 2 heterocycles. The molecular formula is C16H27N3. The van der Waals surface area contributed by atoms with E-state index in [4.69, 9.17) is 0 Å². The van der Waals surface area contributed by atoms with E-state index in [9.17, 15) is 0 Å². The van der Waals surface area contributed by atoms with Gasteiger partial charge in [0, 0.05) is 19.1 Å². The van der Waals surface area contributed by atoms with Gasteiger partial charge < -0.3 is 10.2 Å². The van der Waals surface area contributed by atoms with Gasteiger partial charge in [-0.15, -0.1) is 0 Å². The van der Waals surface area contributed by atoms with Gasteiger partial charge in [0.2, 0.25) is 0 Å². The molecule has 1 aliphatic rings. The molecule has 1 N–H and O–H groups in total. The zero-order valence-corrected chi connectivity index (χ0v) is 12.5. The van der Waals surface area contributed by atoms with E-state index in [1.807, 2.05) is 13.2 Å². The summed E-state index contributed by atoms with van der Waals surface area (Å²) in [4.78, 5) is 7.05. The minimum Gasteiger partial charge on any atom is -0.370 e. The molecule has 1 aromatic rings. The van der Waals surface area contributed by atoms with Gasteiger partial charge in [0.1, 0.15) is 0 Å². The molecule has 0 saturated carbocycles. The van der Waals surface area contributed by atoms with Gasteiger partial charge in [-0.3, -0.25) is 4.98 Å². The second-order valence-electron chi connectivity index (χ2n) is 5.67. The van der Waals surface area contributed by atoms with Crippen molar-refractivity contribution in [3.63, 3.8) is 0 Å². The van der Waals surface area contributed by atoms with Crippen molar-refractivity contribution in [1.29, 1.82) is 0 Å². The first-order valence-corrected chi connectivity index (χ1v) is 7.62. The summed E-state index contributed by atoms with van der Waals surface area (Å²) in [6.07, 6.45) is 7.42. The average molecular weight is 261 g/mol. The van der Waals surface area contributed by atoms with Crippen LogP contribution in [0.3, 0.4) is 0 Å². The molecule has 0 bridgehead atoms. The molecule has 2 rings (SSSR count). The van der Waals surface area contributed by atoms with E-state index < -0.39 is 0 Å². The van der Waals surface area contributed by atoms with Crippen LogP contribution in [0, 0.1) is 5.92 Å². The van der Waals surface area contributed by atoms with Crippen LogP contribution in [0.15, 0.2) is 18.3 Å². The zero-order valence-electron chi connectivity index (χ0n) is 12.5. The highest BCUT2D eigenvalue weighted by Gasteiger charge is 2.19. The molecule has 1 fully saturated rings. The van der Waals surface area contributed by atoms with Gasteiger partial charge >= 0.3 is 0 Å². The number of nitrogens with zero attached hydrogens (tertiary/aromatic N) is 2. The number of rotatable bonds is 5. The van der Waals surface area contributed by atoms with Crippen LogP contribution in [-0.2, 0) is 0 Å². The summed E-state index contributed by atoms with van der Waals surface area (Å²) in [6.45, 7) is 6.80. The average Bonchev–Trinajstić information content (AvgIpc) is 2.48. The Hall–Kier alpha value is -1.09. The summed E-state index contributed by atoms with van der Waals surface area (Å²) in [7, 11) is 1.97. The predicted molar refractivity (Wildman–Crippen MR) is 81.6 cm³/mol. The third-order valence-electron chi connectivity index (χ3n) is 4.32. The maximum atomic E-state index is 4.58. The van der Waals surface area contributed by atoms with E-state index in [0.29, 0.717) is 6.04 Å². The molecule has 0 amide bonds. The third kappa shape index (κ3) is 3.69. The number of hydrogen-bond donors (Lipinski definition) is 1. The molecule has 1 atom stereocenters. The van der Waals surface area contributed by atoms with E-state index in [2.05, 4.69) is 41.2 Å². The Bertz CT molecular complexity index is 366. The van der Waals surface area contributed by atoms with E-state index in [1.54, 1.807) is 0 Å². The topological polar surface area (TPSA) is 28.2 Å². The number of hydrogen-bond acceptors (Lipinski definition) is 3. The molecule has 0 radical (unpaired) electrons. The number of pyridine rings is 1. The molecular weight excluding hydrogens is 234 g/mol. The van der Waals surface area contributed by atoms with Crippen LogP contribution in [0.25, 0.3) is 0 Å². The fourth-order valence-electron chi connectivity index (χ4n) is 2.88. The minimum atomic E-state index is 0.323. The van der Waals surface area contributed by atoms with Gasteiger partial charge in [-0.1, -0.05) is 19.8 Å². The summed E-state index contributed by atoms with van der Waals surface area (Å²) in [5, 5.41) is 3.22. The van der Waals surface area contributed by atoms with Crippen molar-refractivity contribution in [2.24, 2.45) is 5.92 Å². The number of piperidine rings is 1. The minimum absolute atomic E-state index is 0.323. The first kappa shape index (κ1) is 14.3. The Morgan fingerprint density at radius 2 is 2.11 bits per heavy atom. The highest BCUT2D eigenvalue weighted by atomic mass is 15.1. The van der Waals surface area contributed by atoms with Gasteiger partial charge in [0.15, 0.2) is 0 Å².